The van der Waals surface area contributed by atoms with Crippen molar-refractivity contribution in [2.45, 2.75) is 26.8 Å². The van der Waals surface area contributed by atoms with Gasteiger partial charge in [0, 0.05) is 37.1 Å². The molecule has 2 rings (SSSR count). The van der Waals surface area contributed by atoms with E-state index in [0.717, 1.165) is 26.2 Å². The molecule has 0 aliphatic carbocycles. The van der Waals surface area contributed by atoms with Crippen molar-refractivity contribution >= 4 is 27.3 Å². The second kappa shape index (κ2) is 5.39. The van der Waals surface area contributed by atoms with E-state index >= 15 is 0 Å². The summed E-state index contributed by atoms with van der Waals surface area (Å²) in [6, 6.07) is 4.97. The van der Waals surface area contributed by atoms with Crippen molar-refractivity contribution in [2.24, 2.45) is 5.41 Å². The lowest BCUT2D eigenvalue weighted by atomic mass is 9.84. The first-order chi connectivity index (χ1) is 7.98. The Morgan fingerprint density at radius 3 is 2.41 bits per heavy atom. The van der Waals surface area contributed by atoms with Crippen LogP contribution in [-0.4, -0.2) is 31.1 Å². The number of nitrogens with zero attached hydrogens (tertiary/aromatic N) is 1. The largest absolute Gasteiger partial charge is 0.314 e. The Morgan fingerprint density at radius 1 is 1.29 bits per heavy atom. The number of hydrogen-bond acceptors (Lipinski definition) is 3. The Balaban J connectivity index is 2.24. The summed E-state index contributed by atoms with van der Waals surface area (Å²) in [5, 5.41) is 3.43. The van der Waals surface area contributed by atoms with E-state index in [-0.39, 0.29) is 5.41 Å². The second-order valence-electron chi connectivity index (χ2n) is 5.70. The fourth-order valence-corrected chi connectivity index (χ4v) is 4.37. The highest BCUT2D eigenvalue weighted by atomic mass is 79.9. The molecule has 0 radical (unpaired) electrons. The molecule has 2 heterocycles. The average Bonchev–Trinajstić information content (AvgIpc) is 2.64. The number of piperazine rings is 1. The molecule has 1 aromatic rings. The maximum absolute atomic E-state index is 3.58. The molecule has 1 aliphatic rings. The molecule has 2 nitrogen and oxygen atoms in total. The predicted molar refractivity (Wildman–Crippen MR) is 78.7 cm³/mol. The summed E-state index contributed by atoms with van der Waals surface area (Å²) in [4.78, 5) is 4.10. The van der Waals surface area contributed by atoms with Crippen LogP contribution >= 0.6 is 27.3 Å². The molecule has 1 N–H and O–H groups in total. The molecule has 0 aromatic carbocycles. The van der Waals surface area contributed by atoms with Gasteiger partial charge in [-0.3, -0.25) is 4.90 Å². The molecule has 1 fully saturated rings. The normalized spacial score (nSPS) is 20.5. The van der Waals surface area contributed by atoms with Crippen LogP contribution in [0.25, 0.3) is 0 Å². The fourth-order valence-electron chi connectivity index (χ4n) is 2.57. The van der Waals surface area contributed by atoms with Gasteiger partial charge in [0.1, 0.15) is 0 Å². The first-order valence-corrected chi connectivity index (χ1v) is 7.79. The van der Waals surface area contributed by atoms with E-state index in [1.54, 1.807) is 0 Å². The minimum absolute atomic E-state index is 0.279. The van der Waals surface area contributed by atoms with Crippen LogP contribution in [-0.2, 0) is 0 Å². The van der Waals surface area contributed by atoms with Crippen molar-refractivity contribution in [2.75, 3.05) is 26.2 Å². The molecule has 0 spiro atoms. The molecular formula is C13H21BrN2S. The summed E-state index contributed by atoms with van der Waals surface area (Å²) in [6.07, 6.45) is 0. The van der Waals surface area contributed by atoms with Crippen LogP contribution < -0.4 is 5.32 Å². The lowest BCUT2D eigenvalue weighted by Crippen LogP contribution is -2.48. The molecule has 1 aromatic heterocycles. The van der Waals surface area contributed by atoms with Crippen molar-refractivity contribution in [3.63, 3.8) is 0 Å². The molecule has 1 saturated heterocycles. The van der Waals surface area contributed by atoms with Gasteiger partial charge in [0.05, 0.1) is 3.79 Å². The monoisotopic (exact) mass is 316 g/mol. The Hall–Kier alpha value is 0.1000. The van der Waals surface area contributed by atoms with Crippen LogP contribution in [0.4, 0.5) is 0 Å². The van der Waals surface area contributed by atoms with E-state index < -0.39 is 0 Å². The zero-order valence-corrected chi connectivity index (χ0v) is 13.2. The smallest absolute Gasteiger partial charge is 0.0701 e. The Bertz CT molecular complexity index is 364. The highest BCUT2D eigenvalue weighted by Crippen LogP contribution is 2.41. The van der Waals surface area contributed by atoms with Crippen LogP contribution in [0.15, 0.2) is 15.9 Å². The summed E-state index contributed by atoms with van der Waals surface area (Å²) in [5.41, 5.74) is 0.279. The fraction of sp³-hybridized carbons (Fsp3) is 0.692. The average molecular weight is 317 g/mol. The van der Waals surface area contributed by atoms with Gasteiger partial charge in [0.15, 0.2) is 0 Å². The SMILES string of the molecule is CC(C)(C)[C@@H](c1ccc(Br)s1)N1CCNCC1. The molecule has 1 atom stereocenters. The Kier molecular flexibility index (Phi) is 4.29. The van der Waals surface area contributed by atoms with Gasteiger partial charge in [0.25, 0.3) is 0 Å². The standard InChI is InChI=1S/C13H21BrN2S/c1-13(2,3)12(10-4-5-11(14)17-10)16-8-6-15-7-9-16/h4-5,12,15H,6-9H2,1-3H3/t12-/m1/s1. The Morgan fingerprint density at radius 2 is 1.94 bits per heavy atom. The van der Waals surface area contributed by atoms with E-state index in [9.17, 15) is 0 Å². The summed E-state index contributed by atoms with van der Waals surface area (Å²) in [7, 11) is 0. The van der Waals surface area contributed by atoms with E-state index in [1.165, 1.54) is 8.66 Å². The quantitative estimate of drug-likeness (QED) is 0.898. The molecular weight excluding hydrogens is 296 g/mol. The van der Waals surface area contributed by atoms with E-state index in [4.69, 9.17) is 0 Å². The first kappa shape index (κ1) is 13.5. The number of thiophene rings is 1. The second-order valence-corrected chi connectivity index (χ2v) is 8.19. The highest BCUT2D eigenvalue weighted by molar-refractivity contribution is 9.11. The minimum atomic E-state index is 0.279. The Labute approximate surface area is 117 Å². The number of hydrogen-bond donors (Lipinski definition) is 1. The van der Waals surface area contributed by atoms with E-state index in [0.29, 0.717) is 6.04 Å². The molecule has 4 heteroatoms. The van der Waals surface area contributed by atoms with Crippen LogP contribution in [0.2, 0.25) is 0 Å². The van der Waals surface area contributed by atoms with Crippen molar-refractivity contribution in [3.8, 4) is 0 Å². The van der Waals surface area contributed by atoms with Gasteiger partial charge in [-0.05, 0) is 33.5 Å². The lowest BCUT2D eigenvalue weighted by Gasteiger charge is -2.41. The lowest BCUT2D eigenvalue weighted by molar-refractivity contribution is 0.0888. The maximum atomic E-state index is 3.58. The third kappa shape index (κ3) is 3.31. The van der Waals surface area contributed by atoms with Gasteiger partial charge in [-0.25, -0.2) is 0 Å². The molecule has 96 valence electrons. The van der Waals surface area contributed by atoms with E-state index in [2.05, 4.69) is 59.1 Å². The number of halogens is 1. The molecule has 0 unspecified atom stereocenters. The molecule has 1 aliphatic heterocycles. The molecule has 0 saturated carbocycles. The van der Waals surface area contributed by atoms with Crippen molar-refractivity contribution in [1.82, 2.24) is 10.2 Å². The van der Waals surface area contributed by atoms with Crippen LogP contribution in [0.3, 0.4) is 0 Å². The third-order valence-corrected chi connectivity index (χ3v) is 4.88. The highest BCUT2D eigenvalue weighted by Gasteiger charge is 2.33. The zero-order chi connectivity index (χ0) is 12.5. The molecule has 0 bridgehead atoms. The summed E-state index contributed by atoms with van der Waals surface area (Å²) in [6.45, 7) is 11.5. The number of rotatable bonds is 2. The first-order valence-electron chi connectivity index (χ1n) is 6.18. The van der Waals surface area contributed by atoms with Gasteiger partial charge in [-0.15, -0.1) is 11.3 Å². The van der Waals surface area contributed by atoms with Gasteiger partial charge in [-0.2, -0.15) is 0 Å². The van der Waals surface area contributed by atoms with Crippen LogP contribution in [0, 0.1) is 5.41 Å². The van der Waals surface area contributed by atoms with Crippen LogP contribution in [0.5, 0.6) is 0 Å². The maximum Gasteiger partial charge on any atom is 0.0701 e. The van der Waals surface area contributed by atoms with Crippen molar-refractivity contribution in [1.29, 1.82) is 0 Å². The zero-order valence-electron chi connectivity index (χ0n) is 10.8. The topological polar surface area (TPSA) is 15.3 Å². The van der Waals surface area contributed by atoms with Gasteiger partial charge in [0.2, 0.25) is 0 Å². The summed E-state index contributed by atoms with van der Waals surface area (Å²) < 4.78 is 1.23. The summed E-state index contributed by atoms with van der Waals surface area (Å²) >= 11 is 5.45. The predicted octanol–water partition coefficient (Wildman–Crippen LogP) is 3.50. The van der Waals surface area contributed by atoms with Crippen molar-refractivity contribution < 1.29 is 0 Å². The number of nitrogens with one attached hydrogen (secondary N) is 1. The molecule has 0 amide bonds. The van der Waals surface area contributed by atoms with Crippen LogP contribution in [0.1, 0.15) is 31.7 Å². The van der Waals surface area contributed by atoms with Crippen molar-refractivity contribution in [3.05, 3.63) is 20.8 Å². The minimum Gasteiger partial charge on any atom is -0.314 e. The van der Waals surface area contributed by atoms with Gasteiger partial charge >= 0.3 is 0 Å². The molecule has 17 heavy (non-hydrogen) atoms. The third-order valence-electron chi connectivity index (χ3n) is 3.20. The van der Waals surface area contributed by atoms with Gasteiger partial charge < -0.3 is 5.32 Å². The van der Waals surface area contributed by atoms with Gasteiger partial charge in [-0.1, -0.05) is 20.8 Å². The summed E-state index contributed by atoms with van der Waals surface area (Å²) in [5.74, 6) is 0. The van der Waals surface area contributed by atoms with E-state index in [1.807, 2.05) is 11.3 Å².